The van der Waals surface area contributed by atoms with Gasteiger partial charge in [-0.1, -0.05) is 31.6 Å². The predicted molar refractivity (Wildman–Crippen MR) is 72.5 cm³/mol. The van der Waals surface area contributed by atoms with E-state index in [0.717, 1.165) is 29.7 Å². The van der Waals surface area contributed by atoms with Crippen LogP contribution in [0.4, 0.5) is 4.39 Å². The maximum absolute atomic E-state index is 13.6. The minimum Gasteiger partial charge on any atom is -0.314 e. The lowest BCUT2D eigenvalue weighted by Crippen LogP contribution is -2.23. The molecule has 0 unspecified atom stereocenters. The minimum atomic E-state index is -0.138. The third-order valence-corrected chi connectivity index (χ3v) is 2.69. The van der Waals surface area contributed by atoms with E-state index in [2.05, 4.69) is 25.2 Å². The van der Waals surface area contributed by atoms with Gasteiger partial charge in [0, 0.05) is 11.6 Å². The number of hydrogen-bond acceptors (Lipinski definition) is 1. The predicted octanol–water partition coefficient (Wildman–Crippen LogP) is 3.93. The van der Waals surface area contributed by atoms with Crippen molar-refractivity contribution in [2.75, 3.05) is 6.54 Å². The fourth-order valence-corrected chi connectivity index (χ4v) is 1.71. The summed E-state index contributed by atoms with van der Waals surface area (Å²) >= 11 is 0. The van der Waals surface area contributed by atoms with Crippen LogP contribution in [0.15, 0.2) is 24.3 Å². The molecule has 1 rings (SSSR count). The zero-order chi connectivity index (χ0) is 12.8. The summed E-state index contributed by atoms with van der Waals surface area (Å²) in [5, 5.41) is 3.34. The van der Waals surface area contributed by atoms with E-state index in [1.807, 2.05) is 19.9 Å². The lowest BCUT2D eigenvalue weighted by atomic mass is 10.0. The Morgan fingerprint density at radius 1 is 1.41 bits per heavy atom. The molecule has 0 saturated carbocycles. The average Bonchev–Trinajstić information content (AvgIpc) is 2.27. The number of halogens is 1. The fraction of sp³-hybridized carbons (Fsp3) is 0.467. The zero-order valence-electron chi connectivity index (χ0n) is 11.2. The van der Waals surface area contributed by atoms with Gasteiger partial charge in [0.2, 0.25) is 0 Å². The lowest BCUT2D eigenvalue weighted by Gasteiger charge is -2.07. The van der Waals surface area contributed by atoms with E-state index in [1.165, 1.54) is 6.07 Å². The van der Waals surface area contributed by atoms with Crippen molar-refractivity contribution in [3.63, 3.8) is 0 Å². The van der Waals surface area contributed by atoms with Crippen molar-refractivity contribution in [3.05, 3.63) is 41.2 Å². The third-order valence-electron chi connectivity index (χ3n) is 2.69. The molecular formula is C15H22FN. The van der Waals surface area contributed by atoms with Gasteiger partial charge in [0.1, 0.15) is 5.82 Å². The van der Waals surface area contributed by atoms with Gasteiger partial charge in [-0.3, -0.25) is 0 Å². The van der Waals surface area contributed by atoms with Gasteiger partial charge in [-0.05, 0) is 44.5 Å². The molecule has 0 saturated heterocycles. The van der Waals surface area contributed by atoms with Gasteiger partial charge in [0.15, 0.2) is 0 Å². The number of allylic oxidation sites excluding steroid dienone is 1. The summed E-state index contributed by atoms with van der Waals surface area (Å²) in [6, 6.07) is 5.73. The molecule has 17 heavy (non-hydrogen) atoms. The van der Waals surface area contributed by atoms with Gasteiger partial charge >= 0.3 is 0 Å². The van der Waals surface area contributed by atoms with Crippen molar-refractivity contribution in [2.24, 2.45) is 0 Å². The molecule has 0 aliphatic heterocycles. The van der Waals surface area contributed by atoms with Crippen molar-refractivity contribution < 1.29 is 4.39 Å². The SMILES string of the molecule is CC(=CCCNC(C)C)c1cc(C)ccc1F. The molecule has 1 nitrogen and oxygen atoms in total. The molecule has 0 bridgehead atoms. The van der Waals surface area contributed by atoms with Crippen molar-refractivity contribution in [3.8, 4) is 0 Å². The van der Waals surface area contributed by atoms with E-state index < -0.39 is 0 Å². The Hall–Kier alpha value is -1.15. The van der Waals surface area contributed by atoms with Gasteiger partial charge in [0.25, 0.3) is 0 Å². The average molecular weight is 235 g/mol. The molecule has 1 aromatic carbocycles. The van der Waals surface area contributed by atoms with Crippen LogP contribution in [0.25, 0.3) is 5.57 Å². The molecule has 2 heteroatoms. The molecule has 94 valence electrons. The standard InChI is InChI=1S/C15H22FN/c1-11(2)17-9-5-6-13(4)14-10-12(3)7-8-15(14)16/h6-8,10-11,17H,5,9H2,1-4H3. The molecule has 0 amide bonds. The van der Waals surface area contributed by atoms with Crippen LogP contribution in [-0.4, -0.2) is 12.6 Å². The van der Waals surface area contributed by atoms with Crippen LogP contribution in [0, 0.1) is 12.7 Å². The Morgan fingerprint density at radius 2 is 2.12 bits per heavy atom. The first-order chi connectivity index (χ1) is 8.00. The molecule has 1 N–H and O–H groups in total. The molecular weight excluding hydrogens is 213 g/mol. The molecule has 0 radical (unpaired) electrons. The van der Waals surface area contributed by atoms with E-state index in [4.69, 9.17) is 0 Å². The molecule has 1 aromatic rings. The second-order valence-corrected chi connectivity index (χ2v) is 4.77. The first kappa shape index (κ1) is 13.9. The van der Waals surface area contributed by atoms with E-state index in [9.17, 15) is 4.39 Å². The normalized spacial score (nSPS) is 12.2. The maximum Gasteiger partial charge on any atom is 0.130 e. The fourth-order valence-electron chi connectivity index (χ4n) is 1.71. The van der Waals surface area contributed by atoms with E-state index in [0.29, 0.717) is 6.04 Å². The van der Waals surface area contributed by atoms with Gasteiger partial charge in [0.05, 0.1) is 0 Å². The van der Waals surface area contributed by atoms with Crippen LogP contribution < -0.4 is 5.32 Å². The second kappa shape index (κ2) is 6.55. The van der Waals surface area contributed by atoms with Gasteiger partial charge in [-0.2, -0.15) is 0 Å². The molecule has 0 fully saturated rings. The molecule has 0 aromatic heterocycles. The second-order valence-electron chi connectivity index (χ2n) is 4.77. The number of aryl methyl sites for hydroxylation is 1. The Kier molecular flexibility index (Phi) is 5.36. The highest BCUT2D eigenvalue weighted by Gasteiger charge is 2.03. The first-order valence-electron chi connectivity index (χ1n) is 6.17. The Morgan fingerprint density at radius 3 is 2.76 bits per heavy atom. The molecule has 0 aliphatic carbocycles. The summed E-state index contributed by atoms with van der Waals surface area (Å²) in [7, 11) is 0. The van der Waals surface area contributed by atoms with Crippen LogP contribution in [0.1, 0.15) is 38.3 Å². The highest BCUT2D eigenvalue weighted by molar-refractivity contribution is 5.64. The smallest absolute Gasteiger partial charge is 0.130 e. The largest absolute Gasteiger partial charge is 0.314 e. The lowest BCUT2D eigenvalue weighted by molar-refractivity contribution is 0.594. The van der Waals surface area contributed by atoms with Crippen LogP contribution in [0.3, 0.4) is 0 Å². The number of rotatable bonds is 5. The highest BCUT2D eigenvalue weighted by atomic mass is 19.1. The van der Waals surface area contributed by atoms with Crippen LogP contribution in [0.2, 0.25) is 0 Å². The van der Waals surface area contributed by atoms with Crippen LogP contribution in [-0.2, 0) is 0 Å². The molecule has 0 aliphatic rings. The summed E-state index contributed by atoms with van der Waals surface area (Å²) in [4.78, 5) is 0. The summed E-state index contributed by atoms with van der Waals surface area (Å²) in [6.07, 6.45) is 3.02. The molecule has 0 atom stereocenters. The van der Waals surface area contributed by atoms with E-state index >= 15 is 0 Å². The zero-order valence-corrected chi connectivity index (χ0v) is 11.2. The summed E-state index contributed by atoms with van der Waals surface area (Å²) in [5.41, 5.74) is 2.82. The summed E-state index contributed by atoms with van der Waals surface area (Å²) in [6.45, 7) is 9.12. The minimum absolute atomic E-state index is 0.138. The highest BCUT2D eigenvalue weighted by Crippen LogP contribution is 2.19. The van der Waals surface area contributed by atoms with Crippen molar-refractivity contribution in [1.82, 2.24) is 5.32 Å². The van der Waals surface area contributed by atoms with Gasteiger partial charge in [-0.15, -0.1) is 0 Å². The quantitative estimate of drug-likeness (QED) is 0.763. The monoisotopic (exact) mass is 235 g/mol. The Balaban J connectivity index is 2.65. The van der Waals surface area contributed by atoms with Crippen molar-refractivity contribution >= 4 is 5.57 Å². The van der Waals surface area contributed by atoms with Crippen LogP contribution in [0.5, 0.6) is 0 Å². The molecule has 0 spiro atoms. The van der Waals surface area contributed by atoms with Crippen molar-refractivity contribution in [2.45, 2.75) is 40.2 Å². The first-order valence-corrected chi connectivity index (χ1v) is 6.17. The Labute approximate surface area is 104 Å². The molecule has 0 heterocycles. The number of benzene rings is 1. The Bertz CT molecular complexity index is 394. The topological polar surface area (TPSA) is 12.0 Å². The van der Waals surface area contributed by atoms with E-state index in [-0.39, 0.29) is 5.82 Å². The summed E-state index contributed by atoms with van der Waals surface area (Å²) < 4.78 is 13.6. The van der Waals surface area contributed by atoms with Gasteiger partial charge < -0.3 is 5.32 Å². The summed E-state index contributed by atoms with van der Waals surface area (Å²) in [5.74, 6) is -0.138. The number of nitrogens with one attached hydrogen (secondary N) is 1. The third kappa shape index (κ3) is 4.70. The van der Waals surface area contributed by atoms with Crippen molar-refractivity contribution in [1.29, 1.82) is 0 Å². The van der Waals surface area contributed by atoms with E-state index in [1.54, 1.807) is 6.07 Å². The van der Waals surface area contributed by atoms with Crippen LogP contribution >= 0.6 is 0 Å². The number of hydrogen-bond donors (Lipinski definition) is 1. The maximum atomic E-state index is 13.6. The van der Waals surface area contributed by atoms with Gasteiger partial charge in [-0.25, -0.2) is 4.39 Å².